The van der Waals surface area contributed by atoms with Crippen LogP contribution in [0.1, 0.15) is 41.1 Å². The normalized spacial score (nSPS) is 15.8. The van der Waals surface area contributed by atoms with Gasteiger partial charge in [-0.05, 0) is 44.4 Å². The van der Waals surface area contributed by atoms with E-state index >= 15 is 0 Å². The van der Waals surface area contributed by atoms with Gasteiger partial charge in [-0.1, -0.05) is 0 Å². The van der Waals surface area contributed by atoms with Crippen LogP contribution in [0.5, 0.6) is 11.5 Å². The Morgan fingerprint density at radius 1 is 1.12 bits per heavy atom. The van der Waals surface area contributed by atoms with Gasteiger partial charge in [-0.15, -0.1) is 0 Å². The van der Waals surface area contributed by atoms with E-state index in [9.17, 15) is 4.79 Å². The van der Waals surface area contributed by atoms with E-state index in [4.69, 9.17) is 9.47 Å². The van der Waals surface area contributed by atoms with Crippen LogP contribution >= 0.6 is 0 Å². The third-order valence-electron chi connectivity index (χ3n) is 4.61. The Hall–Kier alpha value is -2.83. The Morgan fingerprint density at radius 3 is 2.77 bits per heavy atom. The van der Waals surface area contributed by atoms with Crippen LogP contribution in [0, 0.1) is 6.92 Å². The molecule has 7 nitrogen and oxygen atoms in total. The fourth-order valence-corrected chi connectivity index (χ4v) is 3.28. The summed E-state index contributed by atoms with van der Waals surface area (Å²) in [5.41, 5.74) is 1.44. The first-order chi connectivity index (χ1) is 12.7. The summed E-state index contributed by atoms with van der Waals surface area (Å²) >= 11 is 0. The lowest BCUT2D eigenvalue weighted by Crippen LogP contribution is -2.31. The van der Waals surface area contributed by atoms with Gasteiger partial charge in [-0.25, -0.2) is 9.97 Å². The van der Waals surface area contributed by atoms with Crippen molar-refractivity contribution in [2.75, 3.05) is 24.8 Å². The Labute approximate surface area is 152 Å². The molecule has 7 heteroatoms. The zero-order valence-corrected chi connectivity index (χ0v) is 14.8. The van der Waals surface area contributed by atoms with Crippen LogP contribution < -0.4 is 19.7 Å². The molecule has 1 amide bonds. The van der Waals surface area contributed by atoms with Crippen molar-refractivity contribution in [3.8, 4) is 11.5 Å². The average molecular weight is 354 g/mol. The minimum absolute atomic E-state index is 0.187. The first-order valence-corrected chi connectivity index (χ1v) is 8.96. The van der Waals surface area contributed by atoms with Crippen molar-refractivity contribution in [2.24, 2.45) is 0 Å². The van der Waals surface area contributed by atoms with E-state index < -0.39 is 0 Å². The van der Waals surface area contributed by atoms with Gasteiger partial charge in [0.15, 0.2) is 11.5 Å². The number of nitrogens with one attached hydrogen (secondary N) is 1. The number of fused-ring (bicyclic) bond motifs is 1. The van der Waals surface area contributed by atoms with Crippen molar-refractivity contribution in [1.29, 1.82) is 0 Å². The first-order valence-electron chi connectivity index (χ1n) is 8.96. The minimum atomic E-state index is -0.187. The maximum Gasteiger partial charge on any atom is 0.251 e. The Kier molecular flexibility index (Phi) is 4.60. The van der Waals surface area contributed by atoms with Gasteiger partial charge in [0.1, 0.15) is 11.6 Å². The summed E-state index contributed by atoms with van der Waals surface area (Å²) in [5.74, 6) is 2.64. The van der Waals surface area contributed by atoms with Gasteiger partial charge in [-0.3, -0.25) is 4.79 Å². The number of benzene rings is 1. The molecule has 2 aliphatic rings. The number of amides is 1. The number of nitrogens with zero attached hydrogens (tertiary/aromatic N) is 3. The lowest BCUT2D eigenvalue weighted by atomic mass is 10.1. The van der Waals surface area contributed by atoms with Crippen LogP contribution in [0.2, 0.25) is 0 Å². The van der Waals surface area contributed by atoms with Gasteiger partial charge < -0.3 is 19.7 Å². The van der Waals surface area contributed by atoms with Gasteiger partial charge in [0.05, 0.1) is 6.54 Å². The molecule has 0 bridgehead atoms. The van der Waals surface area contributed by atoms with E-state index in [1.807, 2.05) is 13.0 Å². The van der Waals surface area contributed by atoms with Crippen molar-refractivity contribution in [3.05, 3.63) is 41.3 Å². The molecule has 1 aromatic carbocycles. The molecule has 3 heterocycles. The predicted octanol–water partition coefficient (Wildman–Crippen LogP) is 2.43. The molecule has 0 spiro atoms. The molecule has 4 rings (SSSR count). The maximum atomic E-state index is 12.4. The Morgan fingerprint density at radius 2 is 1.92 bits per heavy atom. The Bertz CT molecular complexity index is 818. The monoisotopic (exact) mass is 354 g/mol. The molecule has 1 fully saturated rings. The van der Waals surface area contributed by atoms with Crippen LogP contribution in [0.25, 0.3) is 0 Å². The van der Waals surface area contributed by atoms with E-state index in [1.54, 1.807) is 18.2 Å². The second-order valence-electron chi connectivity index (χ2n) is 6.58. The van der Waals surface area contributed by atoms with Crippen molar-refractivity contribution in [3.63, 3.8) is 0 Å². The van der Waals surface area contributed by atoms with E-state index in [1.165, 1.54) is 19.3 Å². The van der Waals surface area contributed by atoms with Crippen molar-refractivity contribution in [1.82, 2.24) is 15.3 Å². The van der Waals surface area contributed by atoms with Crippen LogP contribution in [-0.4, -0.2) is 35.8 Å². The summed E-state index contributed by atoms with van der Waals surface area (Å²) in [6.45, 7) is 4.49. The lowest BCUT2D eigenvalue weighted by molar-refractivity contribution is 0.0949. The topological polar surface area (TPSA) is 76.6 Å². The van der Waals surface area contributed by atoms with Crippen LogP contribution in [-0.2, 0) is 6.54 Å². The standard InChI is InChI=1S/C19H22N4O3/c1-13-9-18(23-7-3-2-4-8-23)22-17(21-13)11-20-19(24)14-5-6-15-16(10-14)26-12-25-15/h5-6,9-10H,2-4,7-8,11-12H2,1H3,(H,20,24). The minimum Gasteiger partial charge on any atom is -0.454 e. The highest BCUT2D eigenvalue weighted by molar-refractivity contribution is 5.94. The van der Waals surface area contributed by atoms with E-state index in [-0.39, 0.29) is 19.2 Å². The van der Waals surface area contributed by atoms with Crippen LogP contribution in [0.4, 0.5) is 5.82 Å². The fourth-order valence-electron chi connectivity index (χ4n) is 3.28. The highest BCUT2D eigenvalue weighted by atomic mass is 16.7. The number of piperidine rings is 1. The van der Waals surface area contributed by atoms with Crippen molar-refractivity contribution >= 4 is 11.7 Å². The highest BCUT2D eigenvalue weighted by Crippen LogP contribution is 2.32. The molecule has 1 N–H and O–H groups in total. The lowest BCUT2D eigenvalue weighted by Gasteiger charge is -2.28. The van der Waals surface area contributed by atoms with Gasteiger partial charge in [0, 0.05) is 30.4 Å². The molecule has 136 valence electrons. The summed E-state index contributed by atoms with van der Waals surface area (Å²) in [6.07, 6.45) is 3.66. The number of rotatable bonds is 4. The number of aromatic nitrogens is 2. The third kappa shape index (κ3) is 3.56. The molecular weight excluding hydrogens is 332 g/mol. The van der Waals surface area contributed by atoms with E-state index in [0.29, 0.717) is 22.9 Å². The highest BCUT2D eigenvalue weighted by Gasteiger charge is 2.17. The summed E-state index contributed by atoms with van der Waals surface area (Å²) in [6, 6.07) is 7.16. The zero-order valence-electron chi connectivity index (χ0n) is 14.8. The second-order valence-corrected chi connectivity index (χ2v) is 6.58. The molecule has 0 atom stereocenters. The van der Waals surface area contributed by atoms with Gasteiger partial charge >= 0.3 is 0 Å². The van der Waals surface area contributed by atoms with Gasteiger partial charge in [-0.2, -0.15) is 0 Å². The number of carbonyl (C=O) groups excluding carboxylic acids is 1. The smallest absolute Gasteiger partial charge is 0.251 e. The van der Waals surface area contributed by atoms with Crippen LogP contribution in [0.15, 0.2) is 24.3 Å². The molecule has 0 unspecified atom stereocenters. The quantitative estimate of drug-likeness (QED) is 0.909. The number of hydrogen-bond donors (Lipinski definition) is 1. The summed E-state index contributed by atoms with van der Waals surface area (Å²) in [4.78, 5) is 23.8. The fraction of sp³-hybridized carbons (Fsp3) is 0.421. The summed E-state index contributed by atoms with van der Waals surface area (Å²) in [7, 11) is 0. The second kappa shape index (κ2) is 7.19. The van der Waals surface area contributed by atoms with E-state index in [2.05, 4.69) is 20.2 Å². The number of aryl methyl sites for hydroxylation is 1. The maximum absolute atomic E-state index is 12.4. The van der Waals surface area contributed by atoms with Crippen molar-refractivity contribution in [2.45, 2.75) is 32.7 Å². The largest absolute Gasteiger partial charge is 0.454 e. The van der Waals surface area contributed by atoms with Gasteiger partial charge in [0.2, 0.25) is 6.79 Å². The molecule has 1 aromatic heterocycles. The third-order valence-corrected chi connectivity index (χ3v) is 4.61. The predicted molar refractivity (Wildman–Crippen MR) is 96.6 cm³/mol. The average Bonchev–Trinajstić information content (AvgIpc) is 3.14. The molecular formula is C19H22N4O3. The summed E-state index contributed by atoms with van der Waals surface area (Å²) in [5, 5.41) is 2.88. The zero-order chi connectivity index (χ0) is 17.9. The molecule has 2 aliphatic heterocycles. The van der Waals surface area contributed by atoms with E-state index in [0.717, 1.165) is 24.6 Å². The number of ether oxygens (including phenoxy) is 2. The van der Waals surface area contributed by atoms with Gasteiger partial charge in [0.25, 0.3) is 5.91 Å². The first kappa shape index (κ1) is 16.6. The number of carbonyl (C=O) groups is 1. The number of hydrogen-bond acceptors (Lipinski definition) is 6. The molecule has 0 radical (unpaired) electrons. The molecule has 0 aliphatic carbocycles. The van der Waals surface area contributed by atoms with Crippen LogP contribution in [0.3, 0.4) is 0 Å². The van der Waals surface area contributed by atoms with Crippen molar-refractivity contribution < 1.29 is 14.3 Å². The molecule has 0 saturated carbocycles. The SMILES string of the molecule is Cc1cc(N2CCCCC2)nc(CNC(=O)c2ccc3c(c2)OCO3)n1. The summed E-state index contributed by atoms with van der Waals surface area (Å²) < 4.78 is 10.6. The molecule has 2 aromatic rings. The Balaban J connectivity index is 1.44. The molecule has 26 heavy (non-hydrogen) atoms. The number of anilines is 1. The molecule has 1 saturated heterocycles.